The topological polar surface area (TPSA) is 68.2 Å². The quantitative estimate of drug-likeness (QED) is 0.658. The molecule has 8 atom stereocenters. The largest absolute Gasteiger partial charge is 0.396 e. The van der Waals surface area contributed by atoms with Crippen molar-refractivity contribution >= 4 is 0 Å². The van der Waals surface area contributed by atoms with E-state index in [9.17, 15) is 10.2 Å². The molecule has 0 aromatic heterocycles. The lowest BCUT2D eigenvalue weighted by Crippen LogP contribution is -2.62. The first-order valence-electron chi connectivity index (χ1n) is 12.6. The summed E-state index contributed by atoms with van der Waals surface area (Å²) >= 11 is 0. The van der Waals surface area contributed by atoms with Crippen LogP contribution < -0.4 is 0 Å². The smallest absolute Gasteiger partial charge is 0.163 e. The highest BCUT2D eigenvalue weighted by molar-refractivity contribution is 5.15. The van der Waals surface area contributed by atoms with E-state index in [0.29, 0.717) is 44.0 Å². The Kier molecular flexibility index (Phi) is 5.76. The molecule has 0 bridgehead atoms. The first kappa shape index (κ1) is 21.6. The Balaban J connectivity index is 1.40. The maximum absolute atomic E-state index is 11.9. The molecule has 3 unspecified atom stereocenters. The number of fused-ring (bicyclic) bond motifs is 5. The highest BCUT2D eigenvalue weighted by Crippen LogP contribution is 2.68. The predicted molar refractivity (Wildman–Crippen MR) is 114 cm³/mol. The number of hydrogen-bond acceptors (Lipinski definition) is 5. The molecule has 0 spiro atoms. The molecule has 4 aliphatic carbocycles. The van der Waals surface area contributed by atoms with E-state index in [-0.39, 0.29) is 35.7 Å². The van der Waals surface area contributed by atoms with E-state index < -0.39 is 5.60 Å². The summed E-state index contributed by atoms with van der Waals surface area (Å²) in [5.74, 6) is 1.93. The van der Waals surface area contributed by atoms with Crippen LogP contribution in [0, 0.1) is 34.5 Å². The molecule has 1 heterocycles. The van der Waals surface area contributed by atoms with Crippen molar-refractivity contribution < 1.29 is 24.4 Å². The second-order valence-corrected chi connectivity index (χ2v) is 11.6. The summed E-state index contributed by atoms with van der Waals surface area (Å²) in [5, 5.41) is 21.1. The molecule has 1 saturated heterocycles. The van der Waals surface area contributed by atoms with E-state index in [1.54, 1.807) is 0 Å². The van der Waals surface area contributed by atoms with Crippen LogP contribution in [-0.2, 0) is 14.2 Å². The third-order valence-electron chi connectivity index (χ3n) is 10.3. The number of hydrogen-bond donors (Lipinski definition) is 2. The summed E-state index contributed by atoms with van der Waals surface area (Å²) in [6.45, 7) is 7.01. The third kappa shape index (κ3) is 3.22. The molecule has 0 amide bonds. The standard InChI is InChI=1S/C25H42O5/c1-23-8-3-9-25(23,27)20-6-5-17-15-21(28-12-4-11-26)18(22-29-13-14-30-22)16-24(17,2)19(20)7-10-23/h17-22,26-27H,3-16H2,1-2H3/t17?,18?,19-,20-,21?,23+,24+,25-/m1/s1. The Bertz CT molecular complexity index is 621. The first-order chi connectivity index (χ1) is 14.4. The average Bonchev–Trinajstić information content (AvgIpc) is 3.35. The normalized spacial score (nSPS) is 51.4. The van der Waals surface area contributed by atoms with Crippen molar-refractivity contribution in [2.24, 2.45) is 34.5 Å². The zero-order valence-electron chi connectivity index (χ0n) is 19.0. The molecule has 5 aliphatic rings. The van der Waals surface area contributed by atoms with Crippen LogP contribution >= 0.6 is 0 Å². The van der Waals surface area contributed by atoms with Gasteiger partial charge in [-0.15, -0.1) is 0 Å². The number of aliphatic hydroxyl groups is 2. The lowest BCUT2D eigenvalue weighted by Gasteiger charge is -2.64. The molecule has 2 N–H and O–H groups in total. The van der Waals surface area contributed by atoms with Crippen molar-refractivity contribution in [3.8, 4) is 0 Å². The van der Waals surface area contributed by atoms with Gasteiger partial charge < -0.3 is 24.4 Å². The fraction of sp³-hybridized carbons (Fsp3) is 1.00. The molecule has 172 valence electrons. The van der Waals surface area contributed by atoms with Gasteiger partial charge >= 0.3 is 0 Å². The van der Waals surface area contributed by atoms with E-state index in [2.05, 4.69) is 13.8 Å². The maximum Gasteiger partial charge on any atom is 0.163 e. The van der Waals surface area contributed by atoms with Gasteiger partial charge in [0.05, 0.1) is 24.9 Å². The molecular weight excluding hydrogens is 380 g/mol. The zero-order valence-corrected chi connectivity index (χ0v) is 19.0. The molecular formula is C25H42O5. The monoisotopic (exact) mass is 422 g/mol. The first-order valence-corrected chi connectivity index (χ1v) is 12.6. The van der Waals surface area contributed by atoms with Gasteiger partial charge in [0, 0.05) is 19.1 Å². The van der Waals surface area contributed by atoms with Crippen LogP contribution in [0.2, 0.25) is 0 Å². The summed E-state index contributed by atoms with van der Waals surface area (Å²) in [5.41, 5.74) is -0.118. The Morgan fingerprint density at radius 1 is 1.00 bits per heavy atom. The molecule has 5 rings (SSSR count). The van der Waals surface area contributed by atoms with Crippen LogP contribution in [0.5, 0.6) is 0 Å². The van der Waals surface area contributed by atoms with Crippen molar-refractivity contribution in [2.75, 3.05) is 26.4 Å². The van der Waals surface area contributed by atoms with Gasteiger partial charge in [-0.25, -0.2) is 0 Å². The Morgan fingerprint density at radius 2 is 1.80 bits per heavy atom. The van der Waals surface area contributed by atoms with Crippen LogP contribution in [0.25, 0.3) is 0 Å². The fourth-order valence-corrected chi connectivity index (χ4v) is 8.68. The van der Waals surface area contributed by atoms with Gasteiger partial charge in [0.1, 0.15) is 0 Å². The molecule has 5 fully saturated rings. The molecule has 5 nitrogen and oxygen atoms in total. The highest BCUT2D eigenvalue weighted by Gasteiger charge is 2.65. The number of aliphatic hydroxyl groups excluding tert-OH is 1. The summed E-state index contributed by atoms with van der Waals surface area (Å²) in [6, 6.07) is 0. The Morgan fingerprint density at radius 3 is 2.57 bits per heavy atom. The molecule has 4 saturated carbocycles. The van der Waals surface area contributed by atoms with Gasteiger partial charge in [-0.2, -0.15) is 0 Å². The van der Waals surface area contributed by atoms with Gasteiger partial charge in [-0.3, -0.25) is 0 Å². The van der Waals surface area contributed by atoms with E-state index in [1.165, 1.54) is 38.5 Å². The molecule has 0 aromatic carbocycles. The summed E-state index contributed by atoms with van der Waals surface area (Å²) in [4.78, 5) is 0. The van der Waals surface area contributed by atoms with E-state index in [0.717, 1.165) is 19.3 Å². The highest BCUT2D eigenvalue weighted by atomic mass is 16.7. The lowest BCUT2D eigenvalue weighted by molar-refractivity contribution is -0.229. The second kappa shape index (κ2) is 7.98. The van der Waals surface area contributed by atoms with Crippen LogP contribution in [0.15, 0.2) is 0 Å². The minimum atomic E-state index is -0.464. The predicted octanol–water partition coefficient (Wildman–Crippen LogP) is 3.90. The van der Waals surface area contributed by atoms with Gasteiger partial charge in [0.25, 0.3) is 0 Å². The second-order valence-electron chi connectivity index (χ2n) is 11.6. The van der Waals surface area contributed by atoms with E-state index in [1.807, 2.05) is 0 Å². The van der Waals surface area contributed by atoms with Crippen molar-refractivity contribution in [1.82, 2.24) is 0 Å². The van der Waals surface area contributed by atoms with Crippen LogP contribution in [0.4, 0.5) is 0 Å². The lowest BCUT2D eigenvalue weighted by atomic mass is 9.43. The number of rotatable bonds is 5. The zero-order chi connectivity index (χ0) is 21.0. The fourth-order valence-electron chi connectivity index (χ4n) is 8.68. The molecule has 30 heavy (non-hydrogen) atoms. The van der Waals surface area contributed by atoms with Gasteiger partial charge in [0.2, 0.25) is 0 Å². The Labute approximate surface area is 181 Å². The average molecular weight is 423 g/mol. The number of ether oxygens (including phenoxy) is 3. The van der Waals surface area contributed by atoms with E-state index >= 15 is 0 Å². The summed E-state index contributed by atoms with van der Waals surface area (Å²) in [6.07, 6.45) is 11.0. The summed E-state index contributed by atoms with van der Waals surface area (Å²) in [7, 11) is 0. The van der Waals surface area contributed by atoms with Crippen molar-refractivity contribution in [3.05, 3.63) is 0 Å². The molecule has 5 heteroatoms. The third-order valence-corrected chi connectivity index (χ3v) is 10.3. The molecule has 0 aromatic rings. The SMILES string of the molecule is C[C@@]12CCC[C@@]1(O)[C@@H]1CCC3CC(OCCCO)C(C4OCCO4)C[C@]3(C)[C@@H]1CC2. The van der Waals surface area contributed by atoms with Gasteiger partial charge in [-0.1, -0.05) is 13.8 Å². The molecule has 1 aliphatic heterocycles. The van der Waals surface area contributed by atoms with Gasteiger partial charge in [-0.05, 0) is 92.8 Å². The van der Waals surface area contributed by atoms with E-state index in [4.69, 9.17) is 14.2 Å². The minimum Gasteiger partial charge on any atom is -0.396 e. The molecule has 0 radical (unpaired) electrons. The van der Waals surface area contributed by atoms with Crippen molar-refractivity contribution in [1.29, 1.82) is 0 Å². The summed E-state index contributed by atoms with van der Waals surface area (Å²) < 4.78 is 18.3. The Hall–Kier alpha value is -0.200. The van der Waals surface area contributed by atoms with Crippen LogP contribution in [0.3, 0.4) is 0 Å². The van der Waals surface area contributed by atoms with Crippen molar-refractivity contribution in [2.45, 2.75) is 96.1 Å². The van der Waals surface area contributed by atoms with Crippen LogP contribution in [-0.4, -0.2) is 54.6 Å². The minimum absolute atomic E-state index is 0.124. The van der Waals surface area contributed by atoms with Crippen molar-refractivity contribution in [3.63, 3.8) is 0 Å². The van der Waals surface area contributed by atoms with Crippen LogP contribution in [0.1, 0.15) is 78.1 Å². The maximum atomic E-state index is 11.9. The van der Waals surface area contributed by atoms with Gasteiger partial charge in [0.15, 0.2) is 6.29 Å².